The summed E-state index contributed by atoms with van der Waals surface area (Å²) in [7, 11) is 4.03. The highest BCUT2D eigenvalue weighted by atomic mass is 15.0. The van der Waals surface area contributed by atoms with Crippen LogP contribution in [0.15, 0.2) is 23.9 Å². The first kappa shape index (κ1) is 8.28. The van der Waals surface area contributed by atoms with Crippen molar-refractivity contribution >= 4 is 0 Å². The maximum Gasteiger partial charge on any atom is 0.00556 e. The number of allylic oxidation sites excluding steroid dienone is 3. The summed E-state index contributed by atoms with van der Waals surface area (Å²) >= 11 is 0. The van der Waals surface area contributed by atoms with Crippen molar-refractivity contribution in [3.05, 3.63) is 23.9 Å². The highest BCUT2D eigenvalue weighted by Crippen LogP contribution is 1.93. The molecule has 0 unspecified atom stereocenters. The van der Waals surface area contributed by atoms with E-state index in [4.69, 9.17) is 0 Å². The minimum Gasteiger partial charge on any atom is -0.383 e. The van der Waals surface area contributed by atoms with Crippen LogP contribution in [0.25, 0.3) is 0 Å². The van der Waals surface area contributed by atoms with Crippen molar-refractivity contribution in [3.8, 4) is 0 Å². The molecule has 0 heterocycles. The highest BCUT2D eigenvalue weighted by molar-refractivity contribution is 5.13. The lowest BCUT2D eigenvalue weighted by atomic mass is 10.3. The van der Waals surface area contributed by atoms with Gasteiger partial charge in [-0.2, -0.15) is 0 Å². The molecule has 0 atom stereocenters. The van der Waals surface area contributed by atoms with Crippen LogP contribution in [0.1, 0.15) is 13.8 Å². The second-order valence-corrected chi connectivity index (χ2v) is 2.31. The molecular formula is C8H15N. The number of nitrogens with zero attached hydrogens (tertiary/aromatic N) is 1. The molecule has 0 saturated heterocycles. The maximum atomic E-state index is 2.08. The van der Waals surface area contributed by atoms with Gasteiger partial charge >= 0.3 is 0 Å². The molecule has 0 fully saturated rings. The second kappa shape index (κ2) is 4.19. The number of rotatable bonds is 2. The van der Waals surface area contributed by atoms with Crippen LogP contribution in [0, 0.1) is 0 Å². The standard InChI is InChI=1S/C8H15N/c1-5-8(2)6-7-9(3)4/h5-7H,1-4H3/b7-6-,8-5+. The van der Waals surface area contributed by atoms with Crippen LogP contribution in [-0.4, -0.2) is 19.0 Å². The van der Waals surface area contributed by atoms with E-state index >= 15 is 0 Å². The van der Waals surface area contributed by atoms with E-state index in [0.29, 0.717) is 0 Å². The van der Waals surface area contributed by atoms with Crippen molar-refractivity contribution < 1.29 is 0 Å². The Morgan fingerprint density at radius 3 is 2.22 bits per heavy atom. The van der Waals surface area contributed by atoms with Crippen molar-refractivity contribution in [1.29, 1.82) is 0 Å². The molecule has 0 aromatic rings. The number of hydrogen-bond donors (Lipinski definition) is 0. The Labute approximate surface area is 57.7 Å². The summed E-state index contributed by atoms with van der Waals surface area (Å²) in [5.74, 6) is 0. The first-order chi connectivity index (χ1) is 4.16. The molecular weight excluding hydrogens is 110 g/mol. The average molecular weight is 125 g/mol. The fourth-order valence-electron chi connectivity index (χ4n) is 0.363. The normalized spacial score (nSPS) is 12.7. The minimum atomic E-state index is 1.30. The van der Waals surface area contributed by atoms with Gasteiger partial charge in [-0.3, -0.25) is 0 Å². The Bertz CT molecular complexity index is 121. The molecule has 0 radical (unpaired) electrons. The third-order valence-electron chi connectivity index (χ3n) is 1.09. The Hall–Kier alpha value is -0.720. The van der Waals surface area contributed by atoms with Gasteiger partial charge in [-0.25, -0.2) is 0 Å². The maximum absolute atomic E-state index is 2.08. The molecule has 0 aromatic carbocycles. The lowest BCUT2D eigenvalue weighted by molar-refractivity contribution is 0.563. The zero-order chi connectivity index (χ0) is 7.28. The Morgan fingerprint density at radius 2 is 1.89 bits per heavy atom. The second-order valence-electron chi connectivity index (χ2n) is 2.31. The Balaban J connectivity index is 3.71. The monoisotopic (exact) mass is 125 g/mol. The van der Waals surface area contributed by atoms with Gasteiger partial charge in [0.25, 0.3) is 0 Å². The van der Waals surface area contributed by atoms with Crippen LogP contribution in [0.5, 0.6) is 0 Å². The van der Waals surface area contributed by atoms with E-state index in [1.807, 2.05) is 32.1 Å². The lowest BCUT2D eigenvalue weighted by Gasteiger charge is -2.02. The van der Waals surface area contributed by atoms with Gasteiger partial charge in [0.1, 0.15) is 0 Å². The minimum absolute atomic E-state index is 1.30. The van der Waals surface area contributed by atoms with E-state index in [2.05, 4.69) is 19.1 Å². The van der Waals surface area contributed by atoms with Crippen LogP contribution in [0.3, 0.4) is 0 Å². The van der Waals surface area contributed by atoms with Gasteiger partial charge < -0.3 is 4.90 Å². The van der Waals surface area contributed by atoms with E-state index in [1.54, 1.807) is 0 Å². The van der Waals surface area contributed by atoms with Crippen molar-refractivity contribution in [1.82, 2.24) is 4.90 Å². The van der Waals surface area contributed by atoms with Crippen molar-refractivity contribution in [3.63, 3.8) is 0 Å². The van der Waals surface area contributed by atoms with Crippen LogP contribution < -0.4 is 0 Å². The molecule has 9 heavy (non-hydrogen) atoms. The third kappa shape index (κ3) is 5.15. The molecule has 0 bridgehead atoms. The quantitative estimate of drug-likeness (QED) is 0.510. The lowest BCUT2D eigenvalue weighted by Crippen LogP contribution is -1.99. The summed E-state index contributed by atoms with van der Waals surface area (Å²) in [6.45, 7) is 4.12. The van der Waals surface area contributed by atoms with Gasteiger partial charge in [-0.05, 0) is 26.1 Å². The van der Waals surface area contributed by atoms with E-state index in [9.17, 15) is 0 Å². The van der Waals surface area contributed by atoms with Crippen LogP contribution in [0.2, 0.25) is 0 Å². The zero-order valence-corrected chi connectivity index (χ0v) is 6.68. The predicted octanol–water partition coefficient (Wildman–Crippen LogP) is 2.03. The first-order valence-electron chi connectivity index (χ1n) is 3.14. The number of hydrogen-bond acceptors (Lipinski definition) is 1. The molecule has 0 aliphatic heterocycles. The smallest absolute Gasteiger partial charge is 0.00556 e. The zero-order valence-electron chi connectivity index (χ0n) is 6.68. The molecule has 0 N–H and O–H groups in total. The van der Waals surface area contributed by atoms with Crippen molar-refractivity contribution in [2.24, 2.45) is 0 Å². The molecule has 1 nitrogen and oxygen atoms in total. The van der Waals surface area contributed by atoms with E-state index in [1.165, 1.54) is 5.57 Å². The fourth-order valence-corrected chi connectivity index (χ4v) is 0.363. The molecule has 0 rings (SSSR count). The molecule has 0 amide bonds. The van der Waals surface area contributed by atoms with E-state index < -0.39 is 0 Å². The molecule has 52 valence electrons. The van der Waals surface area contributed by atoms with E-state index in [0.717, 1.165) is 0 Å². The SMILES string of the molecule is C/C=C(C)/C=C\N(C)C. The van der Waals surface area contributed by atoms with Crippen LogP contribution in [0.4, 0.5) is 0 Å². The molecule has 1 heteroatoms. The third-order valence-corrected chi connectivity index (χ3v) is 1.09. The summed E-state index contributed by atoms with van der Waals surface area (Å²) in [6.07, 6.45) is 6.20. The first-order valence-corrected chi connectivity index (χ1v) is 3.14. The van der Waals surface area contributed by atoms with E-state index in [-0.39, 0.29) is 0 Å². The van der Waals surface area contributed by atoms with Crippen LogP contribution in [-0.2, 0) is 0 Å². The van der Waals surface area contributed by atoms with Crippen molar-refractivity contribution in [2.45, 2.75) is 13.8 Å². The predicted molar refractivity (Wildman–Crippen MR) is 42.3 cm³/mol. The summed E-state index contributed by atoms with van der Waals surface area (Å²) in [4.78, 5) is 2.02. The average Bonchev–Trinajstić information content (AvgIpc) is 1.83. The van der Waals surface area contributed by atoms with Gasteiger partial charge in [0.2, 0.25) is 0 Å². The highest BCUT2D eigenvalue weighted by Gasteiger charge is 1.76. The molecule has 0 aliphatic carbocycles. The Kier molecular flexibility index (Phi) is 3.85. The fraction of sp³-hybridized carbons (Fsp3) is 0.500. The largest absolute Gasteiger partial charge is 0.383 e. The van der Waals surface area contributed by atoms with Gasteiger partial charge in [0.15, 0.2) is 0 Å². The van der Waals surface area contributed by atoms with Gasteiger partial charge in [0.05, 0.1) is 0 Å². The summed E-state index contributed by atoms with van der Waals surface area (Å²) < 4.78 is 0. The molecule has 0 aliphatic rings. The van der Waals surface area contributed by atoms with Gasteiger partial charge in [-0.1, -0.05) is 11.6 Å². The summed E-state index contributed by atoms with van der Waals surface area (Å²) in [6, 6.07) is 0. The molecule has 0 spiro atoms. The molecule has 0 aromatic heterocycles. The van der Waals surface area contributed by atoms with Gasteiger partial charge in [0, 0.05) is 14.1 Å². The van der Waals surface area contributed by atoms with Crippen molar-refractivity contribution in [2.75, 3.05) is 14.1 Å². The van der Waals surface area contributed by atoms with Crippen LogP contribution >= 0.6 is 0 Å². The van der Waals surface area contributed by atoms with Gasteiger partial charge in [-0.15, -0.1) is 0 Å². The Morgan fingerprint density at radius 1 is 1.33 bits per heavy atom. The topological polar surface area (TPSA) is 3.24 Å². The molecule has 0 saturated carbocycles. The summed E-state index contributed by atoms with van der Waals surface area (Å²) in [5.41, 5.74) is 1.30. The summed E-state index contributed by atoms with van der Waals surface area (Å²) in [5, 5.41) is 0.